The predicted molar refractivity (Wildman–Crippen MR) is 125 cm³/mol. The van der Waals surface area contributed by atoms with Gasteiger partial charge in [-0.1, -0.05) is 42.0 Å². The van der Waals surface area contributed by atoms with Gasteiger partial charge >= 0.3 is 0 Å². The molecule has 0 radical (unpaired) electrons. The maximum absolute atomic E-state index is 12.7. The lowest BCUT2D eigenvalue weighted by molar-refractivity contribution is 0.0624. The summed E-state index contributed by atoms with van der Waals surface area (Å²) in [7, 11) is 0. The van der Waals surface area contributed by atoms with Crippen LogP contribution >= 0.6 is 0 Å². The Balaban J connectivity index is 1.32. The molecule has 0 unspecified atom stereocenters. The highest BCUT2D eigenvalue weighted by molar-refractivity contribution is 5.94. The van der Waals surface area contributed by atoms with Crippen molar-refractivity contribution in [2.24, 2.45) is 0 Å². The molecule has 0 spiro atoms. The van der Waals surface area contributed by atoms with Crippen molar-refractivity contribution in [3.05, 3.63) is 95.6 Å². The van der Waals surface area contributed by atoms with E-state index in [4.69, 9.17) is 4.98 Å². The number of amides is 1. The number of aryl methyl sites for hydroxylation is 1. The highest BCUT2D eigenvalue weighted by atomic mass is 16.2. The topological polar surface area (TPSA) is 54.3 Å². The van der Waals surface area contributed by atoms with Crippen LogP contribution in [0.2, 0.25) is 0 Å². The number of piperazine rings is 1. The summed E-state index contributed by atoms with van der Waals surface area (Å²) < 4.78 is 2.33. The summed E-state index contributed by atoms with van der Waals surface area (Å²) in [6.07, 6.45) is 3.34. The van der Waals surface area contributed by atoms with Crippen LogP contribution in [0.5, 0.6) is 0 Å². The molecular weight excluding hydrogens is 398 g/mol. The van der Waals surface area contributed by atoms with Gasteiger partial charge in [0.2, 0.25) is 0 Å². The molecule has 0 bridgehead atoms. The average molecular weight is 426 g/mol. The fourth-order valence-corrected chi connectivity index (χ4v) is 4.40. The number of rotatable bonds is 5. The first-order valence-electron chi connectivity index (χ1n) is 11.1. The van der Waals surface area contributed by atoms with E-state index >= 15 is 0 Å². The molecule has 5 rings (SSSR count). The second-order valence-corrected chi connectivity index (χ2v) is 8.40. The molecule has 3 heterocycles. The summed E-state index contributed by atoms with van der Waals surface area (Å²) in [6, 6.07) is 20.6. The maximum atomic E-state index is 12.7. The first kappa shape index (κ1) is 20.4. The third kappa shape index (κ3) is 4.27. The molecule has 0 atom stereocenters. The molecule has 162 valence electrons. The summed E-state index contributed by atoms with van der Waals surface area (Å²) in [5.41, 5.74) is 5.44. The van der Waals surface area contributed by atoms with Crippen molar-refractivity contribution in [1.82, 2.24) is 24.3 Å². The van der Waals surface area contributed by atoms with Crippen molar-refractivity contribution in [1.29, 1.82) is 0 Å². The number of hydrogen-bond acceptors (Lipinski definition) is 4. The minimum Gasteiger partial charge on any atom is -0.336 e. The number of nitrogens with zero attached hydrogens (tertiary/aromatic N) is 5. The molecule has 1 aliphatic heterocycles. The lowest BCUT2D eigenvalue weighted by Crippen LogP contribution is -2.48. The van der Waals surface area contributed by atoms with Crippen LogP contribution in [0.1, 0.15) is 27.3 Å². The molecule has 0 N–H and O–H groups in total. The third-order valence-electron chi connectivity index (χ3n) is 6.11. The van der Waals surface area contributed by atoms with Gasteiger partial charge in [0.25, 0.3) is 5.91 Å². The van der Waals surface area contributed by atoms with Crippen molar-refractivity contribution in [3.8, 4) is 0 Å². The fourth-order valence-electron chi connectivity index (χ4n) is 4.40. The Morgan fingerprint density at radius 3 is 2.47 bits per heavy atom. The van der Waals surface area contributed by atoms with Gasteiger partial charge in [0, 0.05) is 50.7 Å². The van der Waals surface area contributed by atoms with E-state index in [1.54, 1.807) is 24.5 Å². The summed E-state index contributed by atoms with van der Waals surface area (Å²) in [4.78, 5) is 26.0. The van der Waals surface area contributed by atoms with Gasteiger partial charge in [-0.15, -0.1) is 0 Å². The van der Waals surface area contributed by atoms with E-state index in [1.165, 1.54) is 11.1 Å². The zero-order valence-corrected chi connectivity index (χ0v) is 18.3. The summed E-state index contributed by atoms with van der Waals surface area (Å²) in [5.74, 6) is 1.15. The van der Waals surface area contributed by atoms with E-state index in [1.807, 2.05) is 11.0 Å². The molecule has 4 aromatic rings. The van der Waals surface area contributed by atoms with Crippen LogP contribution in [0.15, 0.2) is 73.1 Å². The van der Waals surface area contributed by atoms with Crippen molar-refractivity contribution in [2.45, 2.75) is 20.0 Å². The van der Waals surface area contributed by atoms with E-state index in [0.29, 0.717) is 5.56 Å². The molecule has 6 heteroatoms. The fraction of sp³-hybridized carbons (Fsp3) is 0.269. The van der Waals surface area contributed by atoms with Gasteiger partial charge in [-0.3, -0.25) is 14.7 Å². The zero-order chi connectivity index (χ0) is 21.9. The summed E-state index contributed by atoms with van der Waals surface area (Å²) in [5, 5.41) is 0. The van der Waals surface area contributed by atoms with Gasteiger partial charge in [0.15, 0.2) is 0 Å². The van der Waals surface area contributed by atoms with Crippen LogP contribution in [-0.4, -0.2) is 56.4 Å². The monoisotopic (exact) mass is 425 g/mol. The van der Waals surface area contributed by atoms with Gasteiger partial charge in [-0.2, -0.15) is 0 Å². The quantitative estimate of drug-likeness (QED) is 0.489. The Morgan fingerprint density at radius 1 is 0.906 bits per heavy atom. The molecule has 2 aromatic heterocycles. The zero-order valence-electron chi connectivity index (χ0n) is 18.3. The number of hydrogen-bond donors (Lipinski definition) is 0. The normalized spacial score (nSPS) is 14.7. The van der Waals surface area contributed by atoms with E-state index in [9.17, 15) is 4.79 Å². The Hall–Kier alpha value is -3.51. The smallest absolute Gasteiger partial charge is 0.254 e. The van der Waals surface area contributed by atoms with Crippen LogP contribution in [0.4, 0.5) is 0 Å². The van der Waals surface area contributed by atoms with Crippen molar-refractivity contribution >= 4 is 16.9 Å². The standard InChI is InChI=1S/C26H27N5O/c1-20-5-4-6-21(17-20)18-31-24-8-3-2-7-23(24)28-25(31)19-29-13-15-30(16-14-29)26(32)22-9-11-27-12-10-22/h2-12,17H,13-16,18-19H2,1H3. The molecule has 1 amide bonds. The average Bonchev–Trinajstić information content (AvgIpc) is 3.16. The van der Waals surface area contributed by atoms with Crippen LogP contribution in [0.25, 0.3) is 11.0 Å². The Bertz CT molecular complexity index is 1230. The highest BCUT2D eigenvalue weighted by Crippen LogP contribution is 2.20. The molecule has 1 aliphatic rings. The van der Waals surface area contributed by atoms with Crippen molar-refractivity contribution < 1.29 is 4.79 Å². The van der Waals surface area contributed by atoms with Gasteiger partial charge < -0.3 is 9.47 Å². The molecule has 32 heavy (non-hydrogen) atoms. The van der Waals surface area contributed by atoms with Crippen LogP contribution in [0.3, 0.4) is 0 Å². The van der Waals surface area contributed by atoms with Crippen LogP contribution in [-0.2, 0) is 13.1 Å². The molecule has 1 fully saturated rings. The number of carbonyl (C=O) groups excluding carboxylic acids is 1. The van der Waals surface area contributed by atoms with Gasteiger partial charge in [0.1, 0.15) is 5.82 Å². The lowest BCUT2D eigenvalue weighted by Gasteiger charge is -2.34. The number of imidazole rings is 1. The Labute approximate surface area is 188 Å². The number of para-hydroxylation sites is 2. The first-order chi connectivity index (χ1) is 15.7. The summed E-state index contributed by atoms with van der Waals surface area (Å²) in [6.45, 7) is 6.83. The largest absolute Gasteiger partial charge is 0.336 e. The van der Waals surface area contributed by atoms with E-state index in [0.717, 1.165) is 56.1 Å². The summed E-state index contributed by atoms with van der Waals surface area (Å²) >= 11 is 0. The van der Waals surface area contributed by atoms with Crippen LogP contribution in [0, 0.1) is 6.92 Å². The molecule has 2 aromatic carbocycles. The Kier molecular flexibility index (Phi) is 5.69. The number of carbonyl (C=O) groups is 1. The number of fused-ring (bicyclic) bond motifs is 1. The molecule has 0 saturated carbocycles. The Morgan fingerprint density at radius 2 is 1.69 bits per heavy atom. The van der Waals surface area contributed by atoms with Crippen LogP contribution < -0.4 is 0 Å². The third-order valence-corrected chi connectivity index (χ3v) is 6.11. The minimum atomic E-state index is 0.0822. The number of aromatic nitrogens is 3. The van der Waals surface area contributed by atoms with Gasteiger partial charge in [-0.05, 0) is 36.8 Å². The van der Waals surface area contributed by atoms with Crippen molar-refractivity contribution in [2.75, 3.05) is 26.2 Å². The minimum absolute atomic E-state index is 0.0822. The van der Waals surface area contributed by atoms with E-state index in [-0.39, 0.29) is 5.91 Å². The molecule has 0 aliphatic carbocycles. The van der Waals surface area contributed by atoms with Gasteiger partial charge in [-0.25, -0.2) is 4.98 Å². The number of benzene rings is 2. The van der Waals surface area contributed by atoms with E-state index in [2.05, 4.69) is 63.8 Å². The second kappa shape index (κ2) is 8.93. The highest BCUT2D eigenvalue weighted by Gasteiger charge is 2.23. The lowest BCUT2D eigenvalue weighted by atomic mass is 10.1. The SMILES string of the molecule is Cc1cccc(Cn2c(CN3CCN(C(=O)c4ccncc4)CC3)nc3ccccc32)c1. The number of pyridine rings is 1. The van der Waals surface area contributed by atoms with Crippen molar-refractivity contribution in [3.63, 3.8) is 0 Å². The predicted octanol–water partition coefficient (Wildman–Crippen LogP) is 3.75. The molecule has 6 nitrogen and oxygen atoms in total. The molecular formula is C26H27N5O. The molecule has 1 saturated heterocycles. The second-order valence-electron chi connectivity index (χ2n) is 8.40. The first-order valence-corrected chi connectivity index (χ1v) is 11.1. The maximum Gasteiger partial charge on any atom is 0.254 e. The van der Waals surface area contributed by atoms with E-state index < -0.39 is 0 Å². The van der Waals surface area contributed by atoms with Gasteiger partial charge in [0.05, 0.1) is 17.6 Å².